The summed E-state index contributed by atoms with van der Waals surface area (Å²) in [4.78, 5) is 14.5. The Labute approximate surface area is 308 Å². The van der Waals surface area contributed by atoms with Crippen LogP contribution in [0, 0.1) is 12.1 Å². The molecule has 2 aliphatic rings. The van der Waals surface area contributed by atoms with E-state index in [1.165, 1.54) is 38.9 Å². The van der Waals surface area contributed by atoms with Gasteiger partial charge in [0.1, 0.15) is 11.6 Å². The first-order valence-corrected chi connectivity index (χ1v) is 17.6. The molecular weight excluding hydrogens is 780 g/mol. The van der Waals surface area contributed by atoms with E-state index in [9.17, 15) is 0 Å². The normalized spacial score (nSPS) is 14.9. The van der Waals surface area contributed by atoms with E-state index in [4.69, 9.17) is 9.97 Å². The van der Waals surface area contributed by atoms with Crippen LogP contribution in [0.4, 0.5) is 23.0 Å². The van der Waals surface area contributed by atoms with Gasteiger partial charge in [-0.25, -0.2) is 9.97 Å². The Morgan fingerprint density at radius 3 is 1.55 bits per heavy atom. The monoisotopic (exact) mass is 827 g/mol. The molecule has 0 unspecified atom stereocenters. The van der Waals surface area contributed by atoms with Crippen LogP contribution in [0.2, 0.25) is 0 Å². The van der Waals surface area contributed by atoms with Crippen LogP contribution in [-0.2, 0) is 50.2 Å². The third-order valence-corrected chi connectivity index (χ3v) is 10.7. The van der Waals surface area contributed by atoms with Crippen LogP contribution in [0.25, 0.3) is 0 Å². The van der Waals surface area contributed by atoms with Gasteiger partial charge >= 0.3 is 21.1 Å². The standard InChI is InChI=1S/C44H48N4.Pt/c1-42(2,3)34-21-23-45-40(29-34)47-25-11-13-31-17-19-35(27-38(31)47)44(6,7)36-20-18-32-14-12-26-48(39(32)28-36)41-30-37(22-24-46-41)43(4,5)33-15-9-8-10-16-33;/h8-10,15-24,29-30H,11-14,25-26H2,1-7H3;/q-2;+2. The molecule has 0 N–H and O–H groups in total. The zero-order chi connectivity index (χ0) is 33.7. The second-order valence-corrected chi connectivity index (χ2v) is 15.7. The van der Waals surface area contributed by atoms with Crippen LogP contribution >= 0.6 is 0 Å². The summed E-state index contributed by atoms with van der Waals surface area (Å²) in [6.07, 6.45) is 8.25. The van der Waals surface area contributed by atoms with E-state index < -0.39 is 0 Å². The number of rotatable bonds is 6. The third kappa shape index (κ3) is 6.74. The molecule has 49 heavy (non-hydrogen) atoms. The van der Waals surface area contributed by atoms with Gasteiger partial charge in [-0.15, -0.1) is 11.1 Å². The molecule has 0 aliphatic carbocycles. The topological polar surface area (TPSA) is 32.3 Å². The van der Waals surface area contributed by atoms with Gasteiger partial charge in [0, 0.05) is 30.9 Å². The quantitative estimate of drug-likeness (QED) is 0.160. The summed E-state index contributed by atoms with van der Waals surface area (Å²) in [6, 6.07) is 36.6. The van der Waals surface area contributed by atoms with Gasteiger partial charge < -0.3 is 9.80 Å². The molecular formula is C44H48N4Pt. The summed E-state index contributed by atoms with van der Waals surface area (Å²) in [5.74, 6) is 2.00. The van der Waals surface area contributed by atoms with Crippen molar-refractivity contribution in [2.24, 2.45) is 0 Å². The first kappa shape index (κ1) is 35.1. The largest absolute Gasteiger partial charge is 2.00 e. The molecule has 0 fully saturated rings. The molecule has 0 bridgehead atoms. The van der Waals surface area contributed by atoms with Crippen molar-refractivity contribution in [3.63, 3.8) is 0 Å². The molecule has 5 aromatic rings. The van der Waals surface area contributed by atoms with Crippen LogP contribution in [0.3, 0.4) is 0 Å². The van der Waals surface area contributed by atoms with E-state index in [-0.39, 0.29) is 37.3 Å². The Morgan fingerprint density at radius 1 is 0.551 bits per heavy atom. The van der Waals surface area contributed by atoms with Crippen LogP contribution in [0.15, 0.2) is 91.3 Å². The molecule has 2 aromatic heterocycles. The van der Waals surface area contributed by atoms with Crippen molar-refractivity contribution < 1.29 is 21.1 Å². The zero-order valence-electron chi connectivity index (χ0n) is 30.0. The number of anilines is 4. The molecule has 0 spiro atoms. The molecule has 5 heteroatoms. The van der Waals surface area contributed by atoms with Gasteiger partial charge in [0.05, 0.1) is 0 Å². The second kappa shape index (κ2) is 13.5. The molecule has 0 amide bonds. The van der Waals surface area contributed by atoms with Gasteiger partial charge in [-0.2, -0.15) is 47.5 Å². The van der Waals surface area contributed by atoms with Crippen molar-refractivity contribution in [3.05, 3.63) is 142 Å². The maximum atomic E-state index is 4.91. The average molecular weight is 828 g/mol. The first-order chi connectivity index (χ1) is 22.9. The maximum Gasteiger partial charge on any atom is 2.00 e. The van der Waals surface area contributed by atoms with Crippen molar-refractivity contribution in [2.75, 3.05) is 22.9 Å². The summed E-state index contributed by atoms with van der Waals surface area (Å²) < 4.78 is 0. The molecule has 2 aliphatic heterocycles. The second-order valence-electron chi connectivity index (χ2n) is 15.7. The number of hydrogen-bond acceptors (Lipinski definition) is 4. The number of nitrogens with zero attached hydrogens (tertiary/aromatic N) is 4. The molecule has 7 rings (SSSR count). The van der Waals surface area contributed by atoms with Gasteiger partial charge in [-0.3, -0.25) is 0 Å². The molecule has 4 heterocycles. The van der Waals surface area contributed by atoms with Gasteiger partial charge in [-0.1, -0.05) is 103 Å². The zero-order valence-corrected chi connectivity index (χ0v) is 32.3. The Kier molecular flexibility index (Phi) is 9.68. The van der Waals surface area contributed by atoms with Crippen molar-refractivity contribution in [1.82, 2.24) is 9.97 Å². The number of aromatic nitrogens is 2. The van der Waals surface area contributed by atoms with E-state index in [0.717, 1.165) is 61.8 Å². The fourth-order valence-electron chi connectivity index (χ4n) is 7.33. The summed E-state index contributed by atoms with van der Waals surface area (Å²) in [5, 5.41) is 0. The molecule has 3 aromatic carbocycles. The van der Waals surface area contributed by atoms with E-state index >= 15 is 0 Å². The fraction of sp³-hybridized carbons (Fsp3) is 0.364. The van der Waals surface area contributed by atoms with E-state index in [0.29, 0.717) is 0 Å². The van der Waals surface area contributed by atoms with Crippen molar-refractivity contribution in [3.8, 4) is 0 Å². The summed E-state index contributed by atoms with van der Waals surface area (Å²) in [7, 11) is 0. The summed E-state index contributed by atoms with van der Waals surface area (Å²) in [6.45, 7) is 17.9. The molecule has 0 saturated carbocycles. The predicted octanol–water partition coefficient (Wildman–Crippen LogP) is 10.2. The van der Waals surface area contributed by atoms with Crippen molar-refractivity contribution in [1.29, 1.82) is 0 Å². The molecule has 0 atom stereocenters. The first-order valence-electron chi connectivity index (χ1n) is 17.6. The van der Waals surface area contributed by atoms with Crippen LogP contribution in [0.5, 0.6) is 0 Å². The number of benzene rings is 3. The van der Waals surface area contributed by atoms with E-state index in [1.807, 2.05) is 12.4 Å². The fourth-order valence-corrected chi connectivity index (χ4v) is 7.33. The number of fused-ring (bicyclic) bond motifs is 2. The maximum absolute atomic E-state index is 4.91. The minimum absolute atomic E-state index is 0. The number of pyridine rings is 2. The predicted molar refractivity (Wildman–Crippen MR) is 199 cm³/mol. The molecule has 254 valence electrons. The van der Waals surface area contributed by atoms with Gasteiger partial charge in [-0.05, 0) is 64.6 Å². The molecule has 4 nitrogen and oxygen atoms in total. The van der Waals surface area contributed by atoms with Gasteiger partial charge in [0.2, 0.25) is 0 Å². The van der Waals surface area contributed by atoms with Crippen LogP contribution in [0.1, 0.15) is 100 Å². The summed E-state index contributed by atoms with van der Waals surface area (Å²) >= 11 is 0. The van der Waals surface area contributed by atoms with E-state index in [2.05, 4.69) is 149 Å². The number of hydrogen-bond donors (Lipinski definition) is 0. The van der Waals surface area contributed by atoms with Crippen molar-refractivity contribution >= 4 is 23.0 Å². The smallest absolute Gasteiger partial charge is 0.350 e. The van der Waals surface area contributed by atoms with Gasteiger partial charge in [0.15, 0.2) is 0 Å². The Bertz CT molecular complexity index is 1940. The van der Waals surface area contributed by atoms with Crippen LogP contribution in [-0.4, -0.2) is 23.1 Å². The van der Waals surface area contributed by atoms with Gasteiger partial charge in [0.25, 0.3) is 0 Å². The molecule has 0 radical (unpaired) electrons. The Balaban J connectivity index is 0.00000417. The summed E-state index contributed by atoms with van der Waals surface area (Å²) in [5.41, 5.74) is 10.8. The minimum Gasteiger partial charge on any atom is -0.350 e. The SMILES string of the molecule is CC(C)(C)c1ccnc(N2CCCc3ccc(C(C)(C)c4[c-]c5c(cc4)CCCN5c4cc(C(C)(C)c5ccccc5)ccn4)[c-]c32)c1.[Pt+2]. The minimum atomic E-state index is -0.304. The molecule has 0 saturated heterocycles. The van der Waals surface area contributed by atoms with Crippen molar-refractivity contribution in [2.45, 2.75) is 90.4 Å². The third-order valence-electron chi connectivity index (χ3n) is 10.7. The Hall–Kier alpha value is -3.75. The average Bonchev–Trinajstić information content (AvgIpc) is 3.10. The van der Waals surface area contributed by atoms with Crippen LogP contribution < -0.4 is 9.80 Å². The van der Waals surface area contributed by atoms with E-state index in [1.54, 1.807) is 0 Å². The Morgan fingerprint density at radius 2 is 1.04 bits per heavy atom. The number of aryl methyl sites for hydroxylation is 2.